The molecular weight excluding hydrogens is 320 g/mol. The number of amides is 1. The molecule has 24 heavy (non-hydrogen) atoms. The molecule has 7 heteroatoms. The lowest BCUT2D eigenvalue weighted by atomic mass is 10.1. The fourth-order valence-corrected chi connectivity index (χ4v) is 1.99. The van der Waals surface area contributed by atoms with Gasteiger partial charge in [-0.15, -0.1) is 0 Å². The maximum atomic E-state index is 12.3. The number of ether oxygens (including phenoxy) is 2. The van der Waals surface area contributed by atoms with Gasteiger partial charge in [0.15, 0.2) is 6.10 Å². The summed E-state index contributed by atoms with van der Waals surface area (Å²) >= 11 is 0. The minimum Gasteiger partial charge on any atom is -0.483 e. The Bertz CT molecular complexity index is 714. The van der Waals surface area contributed by atoms with Gasteiger partial charge in [-0.1, -0.05) is 0 Å². The van der Waals surface area contributed by atoms with Crippen LogP contribution in [0.4, 0.5) is 8.78 Å². The summed E-state index contributed by atoms with van der Waals surface area (Å²) in [7, 11) is 0. The predicted octanol–water partition coefficient (Wildman–Crippen LogP) is 3.04. The zero-order valence-electron chi connectivity index (χ0n) is 12.7. The van der Waals surface area contributed by atoms with Crippen LogP contribution in [0.5, 0.6) is 11.5 Å². The van der Waals surface area contributed by atoms with E-state index >= 15 is 0 Å². The summed E-state index contributed by atoms with van der Waals surface area (Å²) in [4.78, 5) is 23.3. The number of alkyl halides is 2. The highest BCUT2D eigenvalue weighted by atomic mass is 19.3. The van der Waals surface area contributed by atoms with Crippen LogP contribution in [0, 0.1) is 0 Å². The molecule has 126 valence electrons. The maximum Gasteiger partial charge on any atom is 0.387 e. The molecule has 0 bridgehead atoms. The van der Waals surface area contributed by atoms with Crippen molar-refractivity contribution in [2.45, 2.75) is 19.6 Å². The van der Waals surface area contributed by atoms with Crippen molar-refractivity contribution in [3.8, 4) is 11.5 Å². The predicted molar refractivity (Wildman–Crippen MR) is 82.5 cm³/mol. The van der Waals surface area contributed by atoms with Gasteiger partial charge in [0, 0.05) is 11.1 Å². The number of hydrogen-bond donors (Lipinski definition) is 1. The third-order valence-corrected chi connectivity index (χ3v) is 3.18. The molecule has 1 amide bonds. The summed E-state index contributed by atoms with van der Waals surface area (Å²) in [6, 6.07) is 11.4. The first kappa shape index (κ1) is 17.4. The van der Waals surface area contributed by atoms with Crippen LogP contribution in [0.15, 0.2) is 48.5 Å². The lowest BCUT2D eigenvalue weighted by molar-refractivity contribution is -0.0498. The molecule has 0 aliphatic heterocycles. The Labute approximate surface area is 137 Å². The molecule has 2 aromatic rings. The highest BCUT2D eigenvalue weighted by Crippen LogP contribution is 2.18. The SMILES string of the molecule is C[C@H](Oc1ccc(C(N)=O)cc1)C(=O)c1ccc(OC(F)F)cc1. The quantitative estimate of drug-likeness (QED) is 0.789. The van der Waals surface area contributed by atoms with Crippen molar-refractivity contribution in [2.24, 2.45) is 5.73 Å². The molecule has 0 saturated carbocycles. The van der Waals surface area contributed by atoms with E-state index in [1.165, 1.54) is 48.5 Å². The molecule has 2 rings (SSSR count). The van der Waals surface area contributed by atoms with Crippen LogP contribution < -0.4 is 15.2 Å². The molecule has 0 aliphatic rings. The van der Waals surface area contributed by atoms with Gasteiger partial charge in [0.2, 0.25) is 11.7 Å². The van der Waals surface area contributed by atoms with Crippen LogP contribution in [0.1, 0.15) is 27.6 Å². The number of rotatable bonds is 7. The molecule has 1 atom stereocenters. The van der Waals surface area contributed by atoms with Crippen molar-refractivity contribution >= 4 is 11.7 Å². The van der Waals surface area contributed by atoms with Gasteiger partial charge >= 0.3 is 6.61 Å². The summed E-state index contributed by atoms with van der Waals surface area (Å²) < 4.78 is 33.9. The number of halogens is 2. The van der Waals surface area contributed by atoms with Crippen LogP contribution in [0.3, 0.4) is 0 Å². The number of nitrogens with two attached hydrogens (primary N) is 1. The highest BCUT2D eigenvalue weighted by molar-refractivity contribution is 5.99. The highest BCUT2D eigenvalue weighted by Gasteiger charge is 2.17. The summed E-state index contributed by atoms with van der Waals surface area (Å²) in [5.74, 6) is -0.509. The van der Waals surface area contributed by atoms with Crippen LogP contribution in [0.25, 0.3) is 0 Å². The van der Waals surface area contributed by atoms with E-state index in [9.17, 15) is 18.4 Å². The fourth-order valence-electron chi connectivity index (χ4n) is 1.99. The van der Waals surface area contributed by atoms with Crippen molar-refractivity contribution in [1.29, 1.82) is 0 Å². The number of hydrogen-bond acceptors (Lipinski definition) is 4. The zero-order chi connectivity index (χ0) is 17.7. The third kappa shape index (κ3) is 4.52. The molecular formula is C17H15F2NO4. The molecule has 2 N–H and O–H groups in total. The maximum absolute atomic E-state index is 12.3. The van der Waals surface area contributed by atoms with Gasteiger partial charge in [0.1, 0.15) is 11.5 Å². The third-order valence-electron chi connectivity index (χ3n) is 3.18. The second kappa shape index (κ2) is 7.54. The lowest BCUT2D eigenvalue weighted by Gasteiger charge is -2.14. The number of ketones is 1. The van der Waals surface area contributed by atoms with E-state index in [1.54, 1.807) is 6.92 Å². The minimum atomic E-state index is -2.92. The van der Waals surface area contributed by atoms with E-state index in [0.717, 1.165) is 0 Å². The fraction of sp³-hybridized carbons (Fsp3) is 0.176. The van der Waals surface area contributed by atoms with Crippen LogP contribution in [0.2, 0.25) is 0 Å². The van der Waals surface area contributed by atoms with Crippen LogP contribution in [-0.4, -0.2) is 24.4 Å². The number of benzene rings is 2. The molecule has 0 unspecified atom stereocenters. The van der Waals surface area contributed by atoms with Crippen LogP contribution in [-0.2, 0) is 0 Å². The molecule has 0 aliphatic carbocycles. The van der Waals surface area contributed by atoms with E-state index in [1.807, 2.05) is 0 Å². The summed E-state index contributed by atoms with van der Waals surface area (Å²) in [5.41, 5.74) is 5.77. The van der Waals surface area contributed by atoms with Crippen LogP contribution >= 0.6 is 0 Å². The molecule has 0 radical (unpaired) electrons. The molecule has 0 spiro atoms. The average Bonchev–Trinajstić information content (AvgIpc) is 2.54. The van der Waals surface area contributed by atoms with Crippen molar-refractivity contribution in [3.05, 3.63) is 59.7 Å². The minimum absolute atomic E-state index is 0.0304. The van der Waals surface area contributed by atoms with Crippen molar-refractivity contribution in [2.75, 3.05) is 0 Å². The van der Waals surface area contributed by atoms with Crippen molar-refractivity contribution < 1.29 is 27.8 Å². The lowest BCUT2D eigenvalue weighted by Crippen LogP contribution is -2.24. The Balaban J connectivity index is 2.02. The number of carbonyl (C=O) groups excluding carboxylic acids is 2. The van der Waals surface area contributed by atoms with Gasteiger partial charge in [-0.2, -0.15) is 8.78 Å². The summed E-state index contributed by atoms with van der Waals surface area (Å²) in [6.07, 6.45) is -0.800. The number of Topliss-reactive ketones (excluding diaryl/α,β-unsaturated/α-hetero) is 1. The summed E-state index contributed by atoms with van der Waals surface area (Å²) in [5, 5.41) is 0. The monoisotopic (exact) mass is 335 g/mol. The van der Waals surface area contributed by atoms with Crippen molar-refractivity contribution in [3.63, 3.8) is 0 Å². The Morgan fingerprint density at radius 1 is 0.875 bits per heavy atom. The van der Waals surface area contributed by atoms with Gasteiger partial charge in [-0.05, 0) is 55.5 Å². The first-order valence-corrected chi connectivity index (χ1v) is 7.02. The van der Waals surface area contributed by atoms with E-state index in [-0.39, 0.29) is 11.5 Å². The second-order valence-electron chi connectivity index (χ2n) is 4.92. The molecule has 0 fully saturated rings. The van der Waals surface area contributed by atoms with E-state index in [2.05, 4.69) is 4.74 Å². The van der Waals surface area contributed by atoms with Gasteiger partial charge in [-0.3, -0.25) is 9.59 Å². The van der Waals surface area contributed by atoms with E-state index in [0.29, 0.717) is 16.9 Å². The smallest absolute Gasteiger partial charge is 0.387 e. The average molecular weight is 335 g/mol. The Hall–Kier alpha value is -2.96. The van der Waals surface area contributed by atoms with E-state index < -0.39 is 18.6 Å². The Morgan fingerprint density at radius 3 is 1.79 bits per heavy atom. The number of primary amides is 1. The largest absolute Gasteiger partial charge is 0.483 e. The normalized spacial score (nSPS) is 11.8. The molecule has 5 nitrogen and oxygen atoms in total. The molecule has 0 saturated heterocycles. The molecule has 2 aromatic carbocycles. The Kier molecular flexibility index (Phi) is 5.47. The van der Waals surface area contributed by atoms with E-state index in [4.69, 9.17) is 10.5 Å². The number of carbonyl (C=O) groups is 2. The van der Waals surface area contributed by atoms with Gasteiger partial charge in [-0.25, -0.2) is 0 Å². The summed E-state index contributed by atoms with van der Waals surface area (Å²) in [6.45, 7) is -1.36. The first-order valence-electron chi connectivity index (χ1n) is 7.02. The molecule has 0 heterocycles. The standard InChI is InChI=1S/C17H15F2NO4/c1-10(23-13-8-4-12(5-9-13)16(20)22)15(21)11-2-6-14(7-3-11)24-17(18)19/h2-10,17H,1H3,(H2,20,22)/t10-/m0/s1. The van der Waals surface area contributed by atoms with Gasteiger partial charge in [0.25, 0.3) is 0 Å². The first-order chi connectivity index (χ1) is 11.4. The van der Waals surface area contributed by atoms with Gasteiger partial charge < -0.3 is 15.2 Å². The zero-order valence-corrected chi connectivity index (χ0v) is 12.7. The second-order valence-corrected chi connectivity index (χ2v) is 4.92. The van der Waals surface area contributed by atoms with Gasteiger partial charge in [0.05, 0.1) is 0 Å². The van der Waals surface area contributed by atoms with Crippen molar-refractivity contribution in [1.82, 2.24) is 0 Å². The Morgan fingerprint density at radius 2 is 1.33 bits per heavy atom. The topological polar surface area (TPSA) is 78.6 Å². The molecule has 0 aromatic heterocycles.